The van der Waals surface area contributed by atoms with Gasteiger partial charge in [-0.3, -0.25) is 4.79 Å². The Hall–Kier alpha value is -2.59. The summed E-state index contributed by atoms with van der Waals surface area (Å²) in [6, 6.07) is 10.7. The maximum atomic E-state index is 13.2. The summed E-state index contributed by atoms with van der Waals surface area (Å²) in [6.07, 6.45) is -9.71. The predicted octanol–water partition coefficient (Wildman–Crippen LogP) is 5.59. The minimum absolute atomic E-state index is 0.0164. The van der Waals surface area contributed by atoms with Crippen molar-refractivity contribution in [3.05, 3.63) is 70.8 Å². The molecule has 1 aliphatic rings. The van der Waals surface area contributed by atoms with E-state index >= 15 is 0 Å². The smallest absolute Gasteiger partial charge is 0.372 e. The lowest BCUT2D eigenvalue weighted by Gasteiger charge is -2.42. The van der Waals surface area contributed by atoms with Gasteiger partial charge in [-0.05, 0) is 49.1 Å². The number of nitrogens with one attached hydrogen (secondary N) is 2. The SMILES string of the molecule is CC(=O)N[C@H]1CC[C@@](CO[C@H](C)c2cc(C(F)(F)F)cc(C(F)(F)F)c2)(c2ccccc2)NC1. The summed E-state index contributed by atoms with van der Waals surface area (Å²) >= 11 is 0. The molecule has 0 aromatic heterocycles. The maximum Gasteiger partial charge on any atom is 0.416 e. The number of rotatable bonds is 6. The van der Waals surface area contributed by atoms with Crippen molar-refractivity contribution in [3.63, 3.8) is 0 Å². The molecule has 0 aliphatic carbocycles. The van der Waals surface area contributed by atoms with E-state index < -0.39 is 35.1 Å². The topological polar surface area (TPSA) is 50.4 Å². The van der Waals surface area contributed by atoms with E-state index in [2.05, 4.69) is 10.6 Å². The highest BCUT2D eigenvalue weighted by molar-refractivity contribution is 5.73. The zero-order valence-electron chi connectivity index (χ0n) is 18.7. The molecule has 1 fully saturated rings. The summed E-state index contributed by atoms with van der Waals surface area (Å²) in [6.45, 7) is 3.31. The molecule has 0 saturated carbocycles. The molecule has 2 aromatic rings. The van der Waals surface area contributed by atoms with Gasteiger partial charge in [0.15, 0.2) is 0 Å². The summed E-state index contributed by atoms with van der Waals surface area (Å²) < 4.78 is 85.3. The number of hydrogen-bond acceptors (Lipinski definition) is 3. The summed E-state index contributed by atoms with van der Waals surface area (Å²) in [5.41, 5.74) is -2.79. The van der Waals surface area contributed by atoms with Crippen LogP contribution in [0.5, 0.6) is 0 Å². The molecule has 1 aliphatic heterocycles. The maximum absolute atomic E-state index is 13.2. The van der Waals surface area contributed by atoms with E-state index in [-0.39, 0.29) is 30.2 Å². The van der Waals surface area contributed by atoms with Crippen LogP contribution < -0.4 is 10.6 Å². The van der Waals surface area contributed by atoms with Crippen molar-refractivity contribution in [1.82, 2.24) is 10.6 Å². The lowest BCUT2D eigenvalue weighted by molar-refractivity contribution is -0.143. The number of carbonyl (C=O) groups excluding carboxylic acids is 1. The molecular weight excluding hydrogens is 462 g/mol. The molecule has 0 unspecified atom stereocenters. The molecule has 34 heavy (non-hydrogen) atoms. The highest BCUT2D eigenvalue weighted by Gasteiger charge is 2.39. The largest absolute Gasteiger partial charge is 0.416 e. The fraction of sp³-hybridized carbons (Fsp3) is 0.458. The van der Waals surface area contributed by atoms with Gasteiger partial charge in [-0.1, -0.05) is 30.3 Å². The first-order valence-corrected chi connectivity index (χ1v) is 10.8. The first-order valence-electron chi connectivity index (χ1n) is 10.8. The number of halogens is 6. The second-order valence-corrected chi connectivity index (χ2v) is 8.56. The standard InChI is InChI=1S/C24H26F6N2O2/c1-15(17-10-19(23(25,26)27)12-20(11-17)24(28,29)30)34-14-22(18-6-4-3-5-7-18)9-8-21(13-31-22)32-16(2)33/h3-7,10-12,15,21,31H,8-9,13-14H2,1-2H3,(H,32,33)/t15-,21+,22-/m1/s1. The zero-order chi connectivity index (χ0) is 25.1. The van der Waals surface area contributed by atoms with Gasteiger partial charge in [0.1, 0.15) is 0 Å². The van der Waals surface area contributed by atoms with Gasteiger partial charge >= 0.3 is 12.4 Å². The molecule has 1 saturated heterocycles. The first kappa shape index (κ1) is 26.0. The van der Waals surface area contributed by atoms with Crippen molar-refractivity contribution in [2.24, 2.45) is 0 Å². The van der Waals surface area contributed by atoms with Crippen LogP contribution in [-0.4, -0.2) is 25.1 Å². The van der Waals surface area contributed by atoms with E-state index in [1.165, 1.54) is 13.8 Å². The van der Waals surface area contributed by atoms with E-state index in [9.17, 15) is 31.1 Å². The molecule has 3 atom stereocenters. The molecule has 2 N–H and O–H groups in total. The molecule has 0 radical (unpaired) electrons. The quantitative estimate of drug-likeness (QED) is 0.522. The summed E-state index contributed by atoms with van der Waals surface area (Å²) in [7, 11) is 0. The van der Waals surface area contributed by atoms with Crippen LogP contribution in [0.4, 0.5) is 26.3 Å². The average molecular weight is 488 g/mol. The van der Waals surface area contributed by atoms with Crippen LogP contribution in [0.25, 0.3) is 0 Å². The molecule has 1 heterocycles. The number of hydrogen-bond donors (Lipinski definition) is 2. The van der Waals surface area contributed by atoms with Crippen LogP contribution in [0.1, 0.15) is 55.0 Å². The van der Waals surface area contributed by atoms with Crippen LogP contribution in [0, 0.1) is 0 Å². The van der Waals surface area contributed by atoms with E-state index in [1.807, 2.05) is 30.3 Å². The van der Waals surface area contributed by atoms with Gasteiger partial charge < -0.3 is 15.4 Å². The minimum Gasteiger partial charge on any atom is -0.372 e. The van der Waals surface area contributed by atoms with Gasteiger partial charge in [-0.15, -0.1) is 0 Å². The van der Waals surface area contributed by atoms with Crippen molar-refractivity contribution < 1.29 is 35.9 Å². The van der Waals surface area contributed by atoms with Crippen molar-refractivity contribution in [2.75, 3.05) is 13.2 Å². The molecule has 3 rings (SSSR count). The second kappa shape index (κ2) is 9.95. The Kier molecular flexibility index (Phi) is 7.62. The van der Waals surface area contributed by atoms with Gasteiger partial charge in [0.2, 0.25) is 5.91 Å². The number of ether oxygens (including phenoxy) is 1. The van der Waals surface area contributed by atoms with Gasteiger partial charge in [0.25, 0.3) is 0 Å². The summed E-state index contributed by atoms with van der Waals surface area (Å²) in [5.74, 6) is -0.158. The lowest BCUT2D eigenvalue weighted by Crippen LogP contribution is -2.57. The van der Waals surface area contributed by atoms with Crippen molar-refractivity contribution in [3.8, 4) is 0 Å². The van der Waals surface area contributed by atoms with Gasteiger partial charge in [0.05, 0.1) is 29.4 Å². The number of benzene rings is 2. The third-order valence-corrected chi connectivity index (χ3v) is 6.00. The number of alkyl halides is 6. The van der Waals surface area contributed by atoms with E-state index in [0.29, 0.717) is 31.5 Å². The van der Waals surface area contributed by atoms with Gasteiger partial charge in [0, 0.05) is 19.5 Å². The lowest BCUT2D eigenvalue weighted by atomic mass is 9.81. The minimum atomic E-state index is -4.93. The molecule has 0 bridgehead atoms. The summed E-state index contributed by atoms with van der Waals surface area (Å²) in [4.78, 5) is 11.4. The highest BCUT2D eigenvalue weighted by Crippen LogP contribution is 2.39. The Morgan fingerprint density at radius 1 is 1.09 bits per heavy atom. The predicted molar refractivity (Wildman–Crippen MR) is 114 cm³/mol. The fourth-order valence-corrected chi connectivity index (χ4v) is 4.13. The molecule has 186 valence electrons. The molecule has 10 heteroatoms. The van der Waals surface area contributed by atoms with Crippen molar-refractivity contribution in [1.29, 1.82) is 0 Å². The van der Waals surface area contributed by atoms with Crippen LogP contribution in [0.3, 0.4) is 0 Å². The van der Waals surface area contributed by atoms with E-state index in [1.54, 1.807) is 0 Å². The van der Waals surface area contributed by atoms with Crippen LogP contribution in [0.2, 0.25) is 0 Å². The monoisotopic (exact) mass is 488 g/mol. The zero-order valence-corrected chi connectivity index (χ0v) is 18.7. The second-order valence-electron chi connectivity index (χ2n) is 8.56. The molecule has 2 aromatic carbocycles. The molecule has 4 nitrogen and oxygen atoms in total. The third-order valence-electron chi connectivity index (χ3n) is 6.00. The number of carbonyl (C=O) groups is 1. The van der Waals surface area contributed by atoms with Crippen LogP contribution in [-0.2, 0) is 27.4 Å². The third kappa shape index (κ3) is 6.29. The Balaban J connectivity index is 1.84. The van der Waals surface area contributed by atoms with Crippen molar-refractivity contribution >= 4 is 5.91 Å². The van der Waals surface area contributed by atoms with Crippen LogP contribution >= 0.6 is 0 Å². The van der Waals surface area contributed by atoms with E-state index in [4.69, 9.17) is 4.74 Å². The Morgan fingerprint density at radius 3 is 2.15 bits per heavy atom. The Morgan fingerprint density at radius 2 is 1.68 bits per heavy atom. The molecule has 0 spiro atoms. The molecular formula is C24H26F6N2O2. The number of piperidine rings is 1. The first-order chi connectivity index (χ1) is 15.8. The number of amides is 1. The highest BCUT2D eigenvalue weighted by atomic mass is 19.4. The summed E-state index contributed by atoms with van der Waals surface area (Å²) in [5, 5.41) is 6.23. The Labute approximate surface area is 193 Å². The van der Waals surface area contributed by atoms with Gasteiger partial charge in [-0.25, -0.2) is 0 Å². The van der Waals surface area contributed by atoms with Crippen molar-refractivity contribution in [2.45, 2.75) is 56.7 Å². The fourth-order valence-electron chi connectivity index (χ4n) is 4.13. The van der Waals surface area contributed by atoms with Gasteiger partial charge in [-0.2, -0.15) is 26.3 Å². The molecule has 1 amide bonds. The Bertz CT molecular complexity index is 951. The van der Waals surface area contributed by atoms with E-state index in [0.717, 1.165) is 5.56 Å². The van der Waals surface area contributed by atoms with Crippen LogP contribution in [0.15, 0.2) is 48.5 Å². The normalized spacial score (nSPS) is 22.3. The average Bonchev–Trinajstić information content (AvgIpc) is 2.77.